The molecule has 0 aliphatic carbocycles. The molecule has 1 N–H and O–H groups in total. The van der Waals surface area contributed by atoms with Crippen LogP contribution in [0.2, 0.25) is 0 Å². The van der Waals surface area contributed by atoms with E-state index in [1.807, 2.05) is 0 Å². The van der Waals surface area contributed by atoms with Crippen molar-refractivity contribution < 1.29 is 17.2 Å². The lowest BCUT2D eigenvalue weighted by Gasteiger charge is -2.14. The third-order valence-corrected chi connectivity index (χ3v) is 5.31. The summed E-state index contributed by atoms with van der Waals surface area (Å²) in [5, 5.41) is 0. The number of aromatic nitrogens is 1. The van der Waals surface area contributed by atoms with Gasteiger partial charge in [0.25, 0.3) is 0 Å². The molecule has 0 radical (unpaired) electrons. The number of halogens is 1. The zero-order valence-corrected chi connectivity index (χ0v) is 13.8. The molecule has 0 saturated heterocycles. The van der Waals surface area contributed by atoms with Crippen LogP contribution in [0.1, 0.15) is 18.5 Å². The predicted molar refractivity (Wildman–Crippen MR) is 86.6 cm³/mol. The van der Waals surface area contributed by atoms with E-state index in [1.54, 1.807) is 6.92 Å². The number of sulfonamides is 1. The van der Waals surface area contributed by atoms with Gasteiger partial charge in [-0.05, 0) is 36.8 Å². The average Bonchev–Trinajstić information content (AvgIpc) is 2.82. The smallest absolute Gasteiger partial charge is 0.408 e. The molecule has 0 bridgehead atoms. The molecule has 2 aromatic carbocycles. The number of nitrogens with zero attached hydrogens (tertiary/aromatic N) is 1. The molecule has 8 heteroatoms. The zero-order chi connectivity index (χ0) is 17.5. The van der Waals surface area contributed by atoms with Crippen LogP contribution in [-0.2, 0) is 17.1 Å². The second-order valence-electron chi connectivity index (χ2n) is 5.45. The molecule has 126 valence electrons. The Balaban J connectivity index is 1.92. The van der Waals surface area contributed by atoms with Crippen molar-refractivity contribution in [2.24, 2.45) is 7.05 Å². The van der Waals surface area contributed by atoms with Crippen molar-refractivity contribution in [1.82, 2.24) is 9.29 Å². The first kappa shape index (κ1) is 16.4. The van der Waals surface area contributed by atoms with E-state index >= 15 is 0 Å². The summed E-state index contributed by atoms with van der Waals surface area (Å²) in [7, 11) is -2.29. The lowest BCUT2D eigenvalue weighted by Crippen LogP contribution is -2.26. The minimum atomic E-state index is -3.83. The van der Waals surface area contributed by atoms with E-state index in [0.29, 0.717) is 11.1 Å². The minimum Gasteiger partial charge on any atom is -0.408 e. The molecule has 0 amide bonds. The first-order chi connectivity index (χ1) is 11.3. The predicted octanol–water partition coefficient (Wildman–Crippen LogP) is 2.31. The first-order valence-electron chi connectivity index (χ1n) is 7.15. The van der Waals surface area contributed by atoms with Gasteiger partial charge in [0.1, 0.15) is 5.82 Å². The number of rotatable bonds is 4. The summed E-state index contributed by atoms with van der Waals surface area (Å²) in [6, 6.07) is 9.23. The monoisotopic (exact) mass is 350 g/mol. The van der Waals surface area contributed by atoms with Crippen molar-refractivity contribution in [2.75, 3.05) is 0 Å². The molecule has 6 nitrogen and oxygen atoms in total. The Labute approximate surface area is 137 Å². The molecule has 3 aromatic rings. The topological polar surface area (TPSA) is 81.3 Å². The van der Waals surface area contributed by atoms with Gasteiger partial charge in [-0.2, -0.15) is 0 Å². The van der Waals surface area contributed by atoms with Crippen LogP contribution >= 0.6 is 0 Å². The van der Waals surface area contributed by atoms with Crippen LogP contribution in [0.15, 0.2) is 56.6 Å². The fraction of sp³-hybridized carbons (Fsp3) is 0.188. The van der Waals surface area contributed by atoms with Crippen molar-refractivity contribution in [3.8, 4) is 0 Å². The molecule has 0 saturated carbocycles. The zero-order valence-electron chi connectivity index (χ0n) is 13.0. The Morgan fingerprint density at radius 1 is 1.17 bits per heavy atom. The van der Waals surface area contributed by atoms with E-state index in [1.165, 1.54) is 54.1 Å². The van der Waals surface area contributed by atoms with E-state index in [4.69, 9.17) is 4.42 Å². The fourth-order valence-corrected chi connectivity index (χ4v) is 3.65. The molecule has 1 aromatic heterocycles. The highest BCUT2D eigenvalue weighted by atomic mass is 32.2. The van der Waals surface area contributed by atoms with Gasteiger partial charge in [0, 0.05) is 19.2 Å². The molecule has 0 fully saturated rings. The Morgan fingerprint density at radius 2 is 1.83 bits per heavy atom. The highest BCUT2D eigenvalue weighted by Crippen LogP contribution is 2.21. The summed E-state index contributed by atoms with van der Waals surface area (Å²) in [5.41, 5.74) is 1.33. The first-order valence-corrected chi connectivity index (χ1v) is 8.63. The van der Waals surface area contributed by atoms with Crippen molar-refractivity contribution in [3.05, 3.63) is 64.4 Å². The molecule has 1 unspecified atom stereocenters. The van der Waals surface area contributed by atoms with Crippen LogP contribution in [0.4, 0.5) is 4.39 Å². The molecular weight excluding hydrogens is 335 g/mol. The van der Waals surface area contributed by atoms with Gasteiger partial charge < -0.3 is 4.42 Å². The maximum absolute atomic E-state index is 13.0. The van der Waals surface area contributed by atoms with Gasteiger partial charge in [-0.25, -0.2) is 22.3 Å². The van der Waals surface area contributed by atoms with Gasteiger partial charge in [-0.15, -0.1) is 0 Å². The maximum atomic E-state index is 13.0. The van der Waals surface area contributed by atoms with Crippen molar-refractivity contribution in [2.45, 2.75) is 17.9 Å². The van der Waals surface area contributed by atoms with Crippen LogP contribution < -0.4 is 10.5 Å². The van der Waals surface area contributed by atoms with Gasteiger partial charge in [-0.3, -0.25) is 4.57 Å². The number of benzene rings is 2. The second kappa shape index (κ2) is 5.88. The highest BCUT2D eigenvalue weighted by molar-refractivity contribution is 7.89. The molecule has 0 aliphatic rings. The summed E-state index contributed by atoms with van der Waals surface area (Å²) in [5.74, 6) is -0.953. The Morgan fingerprint density at radius 3 is 2.50 bits per heavy atom. The van der Waals surface area contributed by atoms with Gasteiger partial charge in [-0.1, -0.05) is 12.1 Å². The lowest BCUT2D eigenvalue weighted by molar-refractivity contribution is 0.527. The van der Waals surface area contributed by atoms with Gasteiger partial charge in [0.05, 0.1) is 10.4 Å². The van der Waals surface area contributed by atoms with Crippen LogP contribution in [0, 0.1) is 5.82 Å². The second-order valence-corrected chi connectivity index (χ2v) is 7.17. The van der Waals surface area contributed by atoms with Crippen molar-refractivity contribution in [1.29, 1.82) is 0 Å². The van der Waals surface area contributed by atoms with E-state index in [0.717, 1.165) is 0 Å². The van der Waals surface area contributed by atoms with E-state index in [-0.39, 0.29) is 10.5 Å². The molecule has 1 atom stereocenters. The van der Waals surface area contributed by atoms with E-state index < -0.39 is 27.6 Å². The third kappa shape index (κ3) is 2.98. The Kier molecular flexibility index (Phi) is 4.02. The standard InChI is InChI=1S/C16H15FN2O4S/c1-10(11-3-5-12(17)6-4-11)18-24(21,22)13-7-8-14-15(9-13)23-16(20)19(14)2/h3-10,18H,1-2H3. The largest absolute Gasteiger partial charge is 0.419 e. The average molecular weight is 350 g/mol. The summed E-state index contributed by atoms with van der Waals surface area (Å²) < 4.78 is 46.8. The van der Waals surface area contributed by atoms with Gasteiger partial charge >= 0.3 is 5.76 Å². The normalized spacial score (nSPS) is 13.3. The number of nitrogens with one attached hydrogen (secondary N) is 1. The third-order valence-electron chi connectivity index (χ3n) is 3.78. The Bertz CT molecular complexity index is 1050. The van der Waals surface area contributed by atoms with Crippen LogP contribution in [0.5, 0.6) is 0 Å². The molecule has 0 spiro atoms. The number of fused-ring (bicyclic) bond motifs is 1. The number of hydrogen-bond acceptors (Lipinski definition) is 4. The summed E-state index contributed by atoms with van der Waals surface area (Å²) in [4.78, 5) is 11.5. The van der Waals surface area contributed by atoms with Crippen molar-refractivity contribution >= 4 is 21.1 Å². The van der Waals surface area contributed by atoms with Crippen LogP contribution in [0.25, 0.3) is 11.1 Å². The number of oxazole rings is 1. The molecule has 3 rings (SSSR count). The maximum Gasteiger partial charge on any atom is 0.419 e. The van der Waals surface area contributed by atoms with Gasteiger partial charge in [0.15, 0.2) is 5.58 Å². The molecular formula is C16H15FN2O4S. The van der Waals surface area contributed by atoms with E-state index in [2.05, 4.69) is 4.72 Å². The van der Waals surface area contributed by atoms with Crippen LogP contribution in [-0.4, -0.2) is 13.0 Å². The fourth-order valence-electron chi connectivity index (χ4n) is 2.40. The quantitative estimate of drug-likeness (QED) is 0.783. The number of aryl methyl sites for hydroxylation is 1. The highest BCUT2D eigenvalue weighted by Gasteiger charge is 2.20. The lowest BCUT2D eigenvalue weighted by atomic mass is 10.1. The number of hydrogen-bond donors (Lipinski definition) is 1. The SMILES string of the molecule is CC(NS(=O)(=O)c1ccc2c(c1)oc(=O)n2C)c1ccc(F)cc1. The summed E-state index contributed by atoms with van der Waals surface area (Å²) in [6.07, 6.45) is 0. The summed E-state index contributed by atoms with van der Waals surface area (Å²) >= 11 is 0. The minimum absolute atomic E-state index is 0.0155. The molecule has 0 aliphatic heterocycles. The molecule has 24 heavy (non-hydrogen) atoms. The Hall–Kier alpha value is -2.45. The van der Waals surface area contributed by atoms with Gasteiger partial charge in [0.2, 0.25) is 10.0 Å². The van der Waals surface area contributed by atoms with Crippen molar-refractivity contribution in [3.63, 3.8) is 0 Å². The van der Waals surface area contributed by atoms with E-state index in [9.17, 15) is 17.6 Å². The van der Waals surface area contributed by atoms with Crippen LogP contribution in [0.3, 0.4) is 0 Å². The molecule has 1 heterocycles. The summed E-state index contributed by atoms with van der Waals surface area (Å²) in [6.45, 7) is 1.66.